The van der Waals surface area contributed by atoms with Crippen molar-refractivity contribution in [1.82, 2.24) is 0 Å². The van der Waals surface area contributed by atoms with Gasteiger partial charge in [-0.15, -0.1) is 0 Å². The van der Waals surface area contributed by atoms with Gasteiger partial charge in [0.25, 0.3) is 0 Å². The molecule has 2 bridgehead atoms. The summed E-state index contributed by atoms with van der Waals surface area (Å²) in [4.78, 5) is 10.9. The van der Waals surface area contributed by atoms with Crippen molar-refractivity contribution >= 4 is 5.97 Å². The molecule has 0 spiro atoms. The highest BCUT2D eigenvalue weighted by Gasteiger charge is 2.44. The summed E-state index contributed by atoms with van der Waals surface area (Å²) in [6, 6.07) is 0.434. The number of allylic oxidation sites excluding steroid dienone is 2. The van der Waals surface area contributed by atoms with E-state index < -0.39 is 0 Å². The third-order valence-electron chi connectivity index (χ3n) is 4.71. The number of unbranched alkanes of at least 4 members (excludes halogenated alkanes) is 1. The molecule has 3 heteroatoms. The molecule has 0 aromatic rings. The molecule has 2 rings (SSSR count). The summed E-state index contributed by atoms with van der Waals surface area (Å²) in [5.41, 5.74) is 6.27. The number of carbonyl (C=O) groups excluding carboxylic acids is 1. The number of esters is 1. The maximum atomic E-state index is 10.9. The number of ether oxygens (including phenoxy) is 1. The fourth-order valence-corrected chi connectivity index (χ4v) is 3.64. The van der Waals surface area contributed by atoms with Crippen LogP contribution >= 0.6 is 0 Å². The molecule has 2 fully saturated rings. The van der Waals surface area contributed by atoms with Crippen molar-refractivity contribution < 1.29 is 9.53 Å². The van der Waals surface area contributed by atoms with Crippen LogP contribution in [0.1, 0.15) is 44.9 Å². The van der Waals surface area contributed by atoms with Gasteiger partial charge in [0.1, 0.15) is 0 Å². The van der Waals surface area contributed by atoms with Gasteiger partial charge in [0.15, 0.2) is 0 Å². The predicted molar refractivity (Wildman–Crippen MR) is 71.9 cm³/mol. The number of hydrogen-bond acceptors (Lipinski definition) is 3. The van der Waals surface area contributed by atoms with Crippen LogP contribution in [0.5, 0.6) is 0 Å². The Morgan fingerprint density at radius 2 is 2.11 bits per heavy atom. The summed E-state index contributed by atoms with van der Waals surface area (Å²) in [6.45, 7) is 0. The first kappa shape index (κ1) is 13.6. The van der Waals surface area contributed by atoms with Gasteiger partial charge >= 0.3 is 5.97 Å². The van der Waals surface area contributed by atoms with E-state index in [0.717, 1.165) is 31.1 Å². The lowest BCUT2D eigenvalue weighted by Crippen LogP contribution is -2.35. The highest BCUT2D eigenvalue weighted by atomic mass is 16.5. The second kappa shape index (κ2) is 6.37. The van der Waals surface area contributed by atoms with Crippen molar-refractivity contribution in [2.45, 2.75) is 51.0 Å². The minimum absolute atomic E-state index is 0.112. The lowest BCUT2D eigenvalue weighted by atomic mass is 9.83. The zero-order chi connectivity index (χ0) is 13.0. The quantitative estimate of drug-likeness (QED) is 0.448. The van der Waals surface area contributed by atoms with Crippen LogP contribution in [0.3, 0.4) is 0 Å². The van der Waals surface area contributed by atoms with Crippen molar-refractivity contribution in [1.29, 1.82) is 0 Å². The normalized spacial score (nSPS) is 34.3. The van der Waals surface area contributed by atoms with Crippen molar-refractivity contribution in [2.75, 3.05) is 7.11 Å². The molecule has 2 aliphatic carbocycles. The van der Waals surface area contributed by atoms with E-state index in [9.17, 15) is 4.79 Å². The Hall–Kier alpha value is -0.830. The maximum absolute atomic E-state index is 10.9. The van der Waals surface area contributed by atoms with Crippen LogP contribution in [0.4, 0.5) is 0 Å². The lowest BCUT2D eigenvalue weighted by Gasteiger charge is -2.27. The van der Waals surface area contributed by atoms with Gasteiger partial charge in [-0.05, 0) is 56.3 Å². The van der Waals surface area contributed by atoms with Gasteiger partial charge in [0.2, 0.25) is 0 Å². The van der Waals surface area contributed by atoms with Crippen LogP contribution in [0.2, 0.25) is 0 Å². The summed E-state index contributed by atoms with van der Waals surface area (Å²) in [7, 11) is 1.44. The van der Waals surface area contributed by atoms with Crippen LogP contribution in [0.15, 0.2) is 12.2 Å². The second-order valence-corrected chi connectivity index (χ2v) is 5.75. The number of nitrogens with two attached hydrogens (primary N) is 1. The Morgan fingerprint density at radius 3 is 2.78 bits per heavy atom. The summed E-state index contributed by atoms with van der Waals surface area (Å²) in [6.07, 6.45) is 12.1. The van der Waals surface area contributed by atoms with E-state index >= 15 is 0 Å². The van der Waals surface area contributed by atoms with Gasteiger partial charge in [-0.3, -0.25) is 4.79 Å². The third kappa shape index (κ3) is 3.14. The average Bonchev–Trinajstić information content (AvgIpc) is 2.95. The first-order valence-electron chi connectivity index (χ1n) is 7.19. The van der Waals surface area contributed by atoms with Crippen molar-refractivity contribution in [3.63, 3.8) is 0 Å². The van der Waals surface area contributed by atoms with Crippen molar-refractivity contribution in [3.8, 4) is 0 Å². The SMILES string of the molecule is COC(=O)CCC/C=C\C[C@@H]1[C@H]2CC[C@H](C2)[C@H]1N. The molecule has 0 saturated heterocycles. The van der Waals surface area contributed by atoms with E-state index in [1.165, 1.54) is 26.4 Å². The standard InChI is InChI=1S/C15H25NO2/c1-18-14(17)7-5-3-2-4-6-13-11-8-9-12(10-11)15(13)16/h2,4,11-13,15H,3,5-10,16H2,1H3/b4-2-/t11-,12+,13+,15+/m0/s1. The number of methoxy groups -OCH3 is 1. The molecule has 0 unspecified atom stereocenters. The molecule has 0 amide bonds. The Kier molecular flexibility index (Phi) is 4.81. The van der Waals surface area contributed by atoms with E-state index in [1.807, 2.05) is 0 Å². The molecule has 0 aromatic heterocycles. The Morgan fingerprint density at radius 1 is 1.33 bits per heavy atom. The summed E-state index contributed by atoms with van der Waals surface area (Å²) < 4.78 is 4.61. The Labute approximate surface area is 110 Å². The highest BCUT2D eigenvalue weighted by molar-refractivity contribution is 5.68. The van der Waals surface area contributed by atoms with Crippen molar-refractivity contribution in [3.05, 3.63) is 12.2 Å². The average molecular weight is 251 g/mol. The highest BCUT2D eigenvalue weighted by Crippen LogP contribution is 2.48. The molecule has 2 saturated carbocycles. The first-order chi connectivity index (χ1) is 8.72. The van der Waals surface area contributed by atoms with Gasteiger partial charge in [-0.2, -0.15) is 0 Å². The molecule has 102 valence electrons. The van der Waals surface area contributed by atoms with E-state index in [2.05, 4.69) is 16.9 Å². The number of carbonyl (C=O) groups is 1. The molecule has 3 nitrogen and oxygen atoms in total. The smallest absolute Gasteiger partial charge is 0.305 e. The van der Waals surface area contributed by atoms with Crippen molar-refractivity contribution in [2.24, 2.45) is 23.5 Å². The predicted octanol–water partition coefficient (Wildman–Crippen LogP) is 2.65. The van der Waals surface area contributed by atoms with Crippen LogP contribution in [-0.2, 0) is 9.53 Å². The van der Waals surface area contributed by atoms with Crippen LogP contribution in [-0.4, -0.2) is 19.1 Å². The third-order valence-corrected chi connectivity index (χ3v) is 4.71. The number of fused-ring (bicyclic) bond motifs is 2. The number of hydrogen-bond donors (Lipinski definition) is 1. The fourth-order valence-electron chi connectivity index (χ4n) is 3.64. The van der Waals surface area contributed by atoms with Gasteiger partial charge in [-0.1, -0.05) is 12.2 Å². The zero-order valence-electron chi connectivity index (χ0n) is 11.3. The molecule has 18 heavy (non-hydrogen) atoms. The fraction of sp³-hybridized carbons (Fsp3) is 0.800. The van der Waals surface area contributed by atoms with Gasteiger partial charge in [-0.25, -0.2) is 0 Å². The maximum Gasteiger partial charge on any atom is 0.305 e. The van der Waals surface area contributed by atoms with Gasteiger partial charge < -0.3 is 10.5 Å². The Bertz CT molecular complexity index is 312. The molecule has 2 N–H and O–H groups in total. The van der Waals surface area contributed by atoms with E-state index in [1.54, 1.807) is 0 Å². The lowest BCUT2D eigenvalue weighted by molar-refractivity contribution is -0.140. The molecule has 0 aliphatic heterocycles. The molecule has 0 radical (unpaired) electrons. The zero-order valence-corrected chi connectivity index (χ0v) is 11.3. The van der Waals surface area contributed by atoms with Gasteiger partial charge in [0, 0.05) is 12.5 Å². The first-order valence-corrected chi connectivity index (χ1v) is 7.19. The Balaban J connectivity index is 1.61. The monoisotopic (exact) mass is 251 g/mol. The molecule has 0 heterocycles. The number of rotatable bonds is 6. The molecular formula is C15H25NO2. The van der Waals surface area contributed by atoms with Crippen LogP contribution < -0.4 is 5.73 Å². The van der Waals surface area contributed by atoms with E-state index in [-0.39, 0.29) is 5.97 Å². The summed E-state index contributed by atoms with van der Waals surface area (Å²) in [5, 5.41) is 0. The topological polar surface area (TPSA) is 52.3 Å². The molecular weight excluding hydrogens is 226 g/mol. The van der Waals surface area contributed by atoms with Crippen LogP contribution in [0.25, 0.3) is 0 Å². The summed E-state index contributed by atoms with van der Waals surface area (Å²) >= 11 is 0. The molecule has 4 atom stereocenters. The minimum Gasteiger partial charge on any atom is -0.469 e. The second-order valence-electron chi connectivity index (χ2n) is 5.75. The van der Waals surface area contributed by atoms with Gasteiger partial charge in [0.05, 0.1) is 7.11 Å². The van der Waals surface area contributed by atoms with E-state index in [4.69, 9.17) is 5.73 Å². The molecule has 0 aromatic carbocycles. The largest absolute Gasteiger partial charge is 0.469 e. The summed E-state index contributed by atoms with van der Waals surface area (Å²) in [5.74, 6) is 2.27. The molecule has 2 aliphatic rings. The minimum atomic E-state index is -0.112. The van der Waals surface area contributed by atoms with E-state index in [0.29, 0.717) is 18.4 Å². The van der Waals surface area contributed by atoms with Crippen LogP contribution in [0, 0.1) is 17.8 Å².